The van der Waals surface area contributed by atoms with Crippen LogP contribution in [0.3, 0.4) is 0 Å². The molecule has 1 aromatic heterocycles. The summed E-state index contributed by atoms with van der Waals surface area (Å²) in [6, 6.07) is 3.51. The topological polar surface area (TPSA) is 47.0 Å². The summed E-state index contributed by atoms with van der Waals surface area (Å²) in [5.74, 6) is 0. The Morgan fingerprint density at radius 3 is 2.39 bits per heavy atom. The summed E-state index contributed by atoms with van der Waals surface area (Å²) >= 11 is 1.53. The average Bonchev–Trinajstić information content (AvgIpc) is 2.67. The lowest BCUT2D eigenvalue weighted by molar-refractivity contribution is 0.609. The van der Waals surface area contributed by atoms with Crippen molar-refractivity contribution in [2.24, 2.45) is 0 Å². The van der Waals surface area contributed by atoms with E-state index in [2.05, 4.69) is 4.98 Å². The highest BCUT2D eigenvalue weighted by atomic mass is 35.7. The van der Waals surface area contributed by atoms with Crippen LogP contribution in [0.1, 0.15) is 16.1 Å². The third-order valence-corrected chi connectivity index (χ3v) is 5.02. The van der Waals surface area contributed by atoms with Gasteiger partial charge in [0, 0.05) is 21.6 Å². The van der Waals surface area contributed by atoms with Gasteiger partial charge in [0.2, 0.25) is 0 Å². The van der Waals surface area contributed by atoms with E-state index in [-0.39, 0.29) is 4.90 Å². The van der Waals surface area contributed by atoms with E-state index in [1.807, 2.05) is 25.3 Å². The van der Waals surface area contributed by atoms with Gasteiger partial charge in [0.1, 0.15) is 0 Å². The van der Waals surface area contributed by atoms with Crippen LogP contribution in [0.5, 0.6) is 0 Å². The molecule has 0 atom stereocenters. The lowest BCUT2D eigenvalue weighted by Gasteiger charge is -2.08. The van der Waals surface area contributed by atoms with Crippen molar-refractivity contribution in [1.82, 2.24) is 4.98 Å². The number of aryl methyl sites for hydroxylation is 2. The van der Waals surface area contributed by atoms with E-state index < -0.39 is 9.05 Å². The first-order chi connectivity index (χ1) is 8.29. The molecule has 96 valence electrons. The minimum Gasteiger partial charge on any atom is -0.242 e. The Balaban J connectivity index is 2.69. The summed E-state index contributed by atoms with van der Waals surface area (Å²) in [5, 5.41) is 2.85. The molecule has 0 N–H and O–H groups in total. The molecule has 0 radical (unpaired) electrons. The van der Waals surface area contributed by atoms with Crippen LogP contribution >= 0.6 is 22.0 Å². The normalized spacial score (nSPS) is 11.8. The van der Waals surface area contributed by atoms with Gasteiger partial charge in [-0.25, -0.2) is 13.4 Å². The lowest BCUT2D eigenvalue weighted by atomic mass is 10.0. The largest absolute Gasteiger partial charge is 0.261 e. The molecule has 0 unspecified atom stereocenters. The third kappa shape index (κ3) is 2.58. The fraction of sp³-hybridized carbons (Fsp3) is 0.250. The molecule has 0 saturated carbocycles. The van der Waals surface area contributed by atoms with Crippen molar-refractivity contribution < 1.29 is 8.42 Å². The van der Waals surface area contributed by atoms with Crippen LogP contribution in [-0.2, 0) is 9.05 Å². The number of hydrogen-bond donors (Lipinski definition) is 0. The molecule has 1 aromatic carbocycles. The molecule has 0 bridgehead atoms. The monoisotopic (exact) mass is 301 g/mol. The highest BCUT2D eigenvalue weighted by Gasteiger charge is 2.17. The third-order valence-electron chi connectivity index (χ3n) is 2.80. The lowest BCUT2D eigenvalue weighted by Crippen LogP contribution is -1.98. The summed E-state index contributed by atoms with van der Waals surface area (Å²) in [7, 11) is 1.72. The number of rotatable bonds is 2. The maximum atomic E-state index is 11.5. The van der Waals surface area contributed by atoms with Crippen molar-refractivity contribution in [3.8, 4) is 11.3 Å². The standard InChI is InChI=1S/C12H12ClNO2S2/c1-7-4-10(11-6-17-9(3)14-11)5-12(8(7)2)18(13,15)16/h4-6H,1-3H3. The quantitative estimate of drug-likeness (QED) is 0.795. The molecule has 0 aliphatic carbocycles. The molecular formula is C12H12ClNO2S2. The molecule has 0 aliphatic heterocycles. The van der Waals surface area contributed by atoms with Gasteiger partial charge in [0.15, 0.2) is 0 Å². The average molecular weight is 302 g/mol. The van der Waals surface area contributed by atoms with Crippen LogP contribution in [-0.4, -0.2) is 13.4 Å². The Labute approximate surface area is 115 Å². The molecule has 3 nitrogen and oxygen atoms in total. The van der Waals surface area contributed by atoms with Crippen LogP contribution in [0, 0.1) is 20.8 Å². The summed E-state index contributed by atoms with van der Waals surface area (Å²) < 4.78 is 23.1. The van der Waals surface area contributed by atoms with Gasteiger partial charge in [-0.2, -0.15) is 0 Å². The fourth-order valence-corrected chi connectivity index (χ4v) is 3.62. The van der Waals surface area contributed by atoms with E-state index in [9.17, 15) is 8.42 Å². The van der Waals surface area contributed by atoms with Gasteiger partial charge in [-0.3, -0.25) is 0 Å². The van der Waals surface area contributed by atoms with Crippen LogP contribution in [0.15, 0.2) is 22.4 Å². The van der Waals surface area contributed by atoms with E-state index >= 15 is 0 Å². The second-order valence-electron chi connectivity index (χ2n) is 4.11. The molecule has 6 heteroatoms. The SMILES string of the molecule is Cc1nc(-c2cc(C)c(C)c(S(=O)(=O)Cl)c2)cs1. The Morgan fingerprint density at radius 1 is 1.22 bits per heavy atom. The van der Waals surface area contributed by atoms with Gasteiger partial charge in [-0.15, -0.1) is 11.3 Å². The zero-order valence-electron chi connectivity index (χ0n) is 10.2. The van der Waals surface area contributed by atoms with Gasteiger partial charge < -0.3 is 0 Å². The van der Waals surface area contributed by atoms with E-state index in [4.69, 9.17) is 10.7 Å². The van der Waals surface area contributed by atoms with Crippen LogP contribution in [0.25, 0.3) is 11.3 Å². The summed E-state index contributed by atoms with van der Waals surface area (Å²) in [6.45, 7) is 5.53. The number of thiazole rings is 1. The van der Waals surface area contributed by atoms with Crippen LogP contribution in [0.2, 0.25) is 0 Å². The van der Waals surface area contributed by atoms with Crippen molar-refractivity contribution in [2.45, 2.75) is 25.7 Å². The van der Waals surface area contributed by atoms with Gasteiger partial charge in [0.05, 0.1) is 15.6 Å². The smallest absolute Gasteiger partial charge is 0.242 e. The van der Waals surface area contributed by atoms with Crippen molar-refractivity contribution in [3.63, 3.8) is 0 Å². The van der Waals surface area contributed by atoms with Gasteiger partial charge >= 0.3 is 0 Å². The molecular weight excluding hydrogens is 290 g/mol. The van der Waals surface area contributed by atoms with Gasteiger partial charge in [-0.1, -0.05) is 0 Å². The number of aromatic nitrogens is 1. The number of hydrogen-bond acceptors (Lipinski definition) is 4. The molecule has 0 spiro atoms. The van der Waals surface area contributed by atoms with Crippen molar-refractivity contribution >= 4 is 31.1 Å². The van der Waals surface area contributed by atoms with Crippen molar-refractivity contribution in [1.29, 1.82) is 0 Å². The van der Waals surface area contributed by atoms with Crippen molar-refractivity contribution in [2.75, 3.05) is 0 Å². The summed E-state index contributed by atoms with van der Waals surface area (Å²) in [5.41, 5.74) is 3.13. The van der Waals surface area contributed by atoms with Crippen LogP contribution in [0.4, 0.5) is 0 Å². The maximum Gasteiger partial charge on any atom is 0.261 e. The second-order valence-corrected chi connectivity index (χ2v) is 7.70. The fourth-order valence-electron chi connectivity index (χ4n) is 1.72. The number of halogens is 1. The molecule has 2 rings (SSSR count). The Hall–Kier alpha value is -0.910. The van der Waals surface area contributed by atoms with E-state index in [0.717, 1.165) is 21.8 Å². The molecule has 0 saturated heterocycles. The predicted molar refractivity (Wildman–Crippen MR) is 74.8 cm³/mol. The summed E-state index contributed by atoms with van der Waals surface area (Å²) in [6.07, 6.45) is 0. The number of nitrogens with zero attached hydrogens (tertiary/aromatic N) is 1. The predicted octanol–water partition coefficient (Wildman–Crippen LogP) is 3.66. The Morgan fingerprint density at radius 2 is 1.89 bits per heavy atom. The van der Waals surface area contributed by atoms with E-state index in [1.165, 1.54) is 11.3 Å². The molecule has 0 amide bonds. The Kier molecular flexibility index (Phi) is 3.49. The Bertz CT molecular complexity index is 705. The molecule has 1 heterocycles. The maximum absolute atomic E-state index is 11.5. The first kappa shape index (κ1) is 13.5. The first-order valence-electron chi connectivity index (χ1n) is 5.27. The zero-order chi connectivity index (χ0) is 13.5. The van der Waals surface area contributed by atoms with Crippen molar-refractivity contribution in [3.05, 3.63) is 33.6 Å². The molecule has 0 fully saturated rings. The minimum atomic E-state index is -3.73. The van der Waals surface area contributed by atoms with E-state index in [1.54, 1.807) is 13.0 Å². The second kappa shape index (κ2) is 4.64. The van der Waals surface area contributed by atoms with Gasteiger partial charge in [-0.05, 0) is 44.0 Å². The number of benzene rings is 1. The molecule has 2 aromatic rings. The van der Waals surface area contributed by atoms with Crippen LogP contribution < -0.4 is 0 Å². The van der Waals surface area contributed by atoms with Gasteiger partial charge in [0.25, 0.3) is 9.05 Å². The minimum absolute atomic E-state index is 0.157. The molecule has 18 heavy (non-hydrogen) atoms. The zero-order valence-corrected chi connectivity index (χ0v) is 12.6. The highest BCUT2D eigenvalue weighted by molar-refractivity contribution is 8.13. The first-order valence-corrected chi connectivity index (χ1v) is 8.46. The highest BCUT2D eigenvalue weighted by Crippen LogP contribution is 2.30. The molecule has 0 aliphatic rings. The van der Waals surface area contributed by atoms with E-state index in [0.29, 0.717) is 5.56 Å². The summed E-state index contributed by atoms with van der Waals surface area (Å²) in [4.78, 5) is 4.51.